The Morgan fingerprint density at radius 3 is 2.26 bits per heavy atom. The van der Waals surface area contributed by atoms with E-state index >= 15 is 0 Å². The monoisotopic (exact) mass is 938 g/mol. The van der Waals surface area contributed by atoms with Crippen molar-refractivity contribution >= 4 is 35.8 Å². The highest BCUT2D eigenvalue weighted by Gasteiger charge is 2.53. The largest absolute Gasteiger partial charge is 0.462 e. The van der Waals surface area contributed by atoms with Gasteiger partial charge in [0.15, 0.2) is 18.7 Å². The Bertz CT molecular complexity index is 1710. The summed E-state index contributed by atoms with van der Waals surface area (Å²) < 4.78 is 49.5. The summed E-state index contributed by atoms with van der Waals surface area (Å²) in [6.07, 6.45) is -5.36. The number of nitrogens with zero attached hydrogens (tertiary/aromatic N) is 2. The lowest BCUT2D eigenvalue weighted by atomic mass is 9.81. The Morgan fingerprint density at radius 2 is 1.68 bits per heavy atom. The molecule has 65 heavy (non-hydrogen) atoms. The summed E-state index contributed by atoms with van der Waals surface area (Å²) in [5, 5.41) is 24.4. The molecule has 2 saturated heterocycles. The van der Waals surface area contributed by atoms with Crippen LogP contribution < -0.4 is 0 Å². The first-order valence-corrected chi connectivity index (χ1v) is 23.2. The first-order chi connectivity index (χ1) is 30.5. The lowest BCUT2D eigenvalue weighted by molar-refractivity contribution is -0.344. The van der Waals surface area contributed by atoms with Crippen LogP contribution in [0.3, 0.4) is 0 Å². The van der Waals surface area contributed by atoms with Crippen molar-refractivity contribution in [2.75, 3.05) is 28.3 Å². The van der Waals surface area contributed by atoms with E-state index in [4.69, 9.17) is 49.5 Å². The van der Waals surface area contributed by atoms with Crippen molar-refractivity contribution in [3.05, 3.63) is 47.0 Å². The van der Waals surface area contributed by atoms with Crippen molar-refractivity contribution in [3.63, 3.8) is 0 Å². The summed E-state index contributed by atoms with van der Waals surface area (Å²) in [6.45, 7) is 14.5. The molecule has 0 spiro atoms. The molecule has 0 amide bonds. The van der Waals surface area contributed by atoms with E-state index in [1.54, 1.807) is 46.7 Å². The molecular formula is C48H75ClN2O14. The molecule has 0 aliphatic carbocycles. The van der Waals surface area contributed by atoms with Crippen LogP contribution in [0, 0.1) is 17.8 Å². The molecule has 2 fully saturated rings. The van der Waals surface area contributed by atoms with Crippen LogP contribution in [-0.2, 0) is 63.6 Å². The number of aliphatic hydroxyl groups excluding tert-OH is 1. The number of halogens is 1. The zero-order chi connectivity index (χ0) is 48.3. The predicted molar refractivity (Wildman–Crippen MR) is 241 cm³/mol. The van der Waals surface area contributed by atoms with Gasteiger partial charge in [-0.15, -0.1) is 0 Å². The van der Waals surface area contributed by atoms with Gasteiger partial charge < -0.3 is 57.8 Å². The molecule has 16 atom stereocenters. The number of methoxy groups -OCH3 is 1. The van der Waals surface area contributed by atoms with E-state index in [0.717, 1.165) is 11.8 Å². The van der Waals surface area contributed by atoms with Gasteiger partial charge in [-0.3, -0.25) is 19.3 Å². The van der Waals surface area contributed by atoms with E-state index in [2.05, 4.69) is 17.9 Å². The van der Waals surface area contributed by atoms with Crippen LogP contribution in [-0.4, -0.2) is 158 Å². The molecule has 1 unspecified atom stereocenters. The van der Waals surface area contributed by atoms with Gasteiger partial charge in [-0.25, -0.2) is 0 Å². The van der Waals surface area contributed by atoms with Crippen molar-refractivity contribution < 1.29 is 67.3 Å². The number of carbonyl (C=O) groups excluding carboxylic acids is 4. The number of ether oxygens (including phenoxy) is 8. The van der Waals surface area contributed by atoms with Gasteiger partial charge in [-0.1, -0.05) is 56.7 Å². The Hall–Kier alpha value is -3.03. The third-order valence-corrected chi connectivity index (χ3v) is 12.8. The average molecular weight is 940 g/mol. The molecule has 4 rings (SSSR count). The number of esters is 3. The van der Waals surface area contributed by atoms with Gasteiger partial charge in [0.25, 0.3) is 0 Å². The molecule has 0 radical (unpaired) electrons. The number of aliphatic hydroxyl groups is 2. The lowest BCUT2D eigenvalue weighted by Crippen LogP contribution is -2.66. The number of likely N-dealkylation sites (N-methyl/N-ethyl adjacent to an activating group) is 2. The molecule has 0 bridgehead atoms. The van der Waals surface area contributed by atoms with Crippen LogP contribution >= 0.6 is 11.6 Å². The van der Waals surface area contributed by atoms with Gasteiger partial charge >= 0.3 is 17.9 Å². The van der Waals surface area contributed by atoms with Crippen LogP contribution in [0.5, 0.6) is 0 Å². The van der Waals surface area contributed by atoms with Crippen molar-refractivity contribution in [3.8, 4) is 0 Å². The summed E-state index contributed by atoms with van der Waals surface area (Å²) in [5.74, 6) is -2.37. The molecule has 3 aliphatic heterocycles. The maximum atomic E-state index is 13.5. The van der Waals surface area contributed by atoms with Crippen LogP contribution in [0.15, 0.2) is 36.4 Å². The first-order valence-electron chi connectivity index (χ1n) is 22.9. The van der Waals surface area contributed by atoms with E-state index in [1.807, 2.05) is 51.2 Å². The summed E-state index contributed by atoms with van der Waals surface area (Å²) in [6, 6.07) is 6.69. The molecule has 17 heteroatoms. The number of carbonyl (C=O) groups is 4. The molecule has 16 nitrogen and oxygen atoms in total. The standard InChI is InChI=1S/C48H75ClN2O14/c1-27(2)22-38(54)63-46-31(6)60-40(25-48(46,8)57)64-43-30(5)61-47(42(56)41(43)50(9)10)65-44-34(20-21-52)23-28(3)36(51(11)26-33-16-18-35(49)19-17-33)15-13-14-29(4)59-39(55)24-37(45(44)58-12)62-32(7)53/h13,15-19,21,27-31,34,36-37,40-47,56-57H,14,20,22-26H2,1-12H3/b15-13+/t28-,29-,30-,31+,34+,36+,37-,40+,41-,42-,43?,44+,45+,46+,47+,48-/m1/s1. The number of benzene rings is 1. The van der Waals surface area contributed by atoms with E-state index in [0.29, 0.717) is 24.4 Å². The second kappa shape index (κ2) is 24.8. The Labute approximate surface area is 390 Å². The molecule has 3 aliphatic rings. The predicted octanol–water partition coefficient (Wildman–Crippen LogP) is 5.25. The number of hydrogen-bond donors (Lipinski definition) is 2. The Kier molecular flexibility index (Phi) is 20.8. The third-order valence-electron chi connectivity index (χ3n) is 12.5. The number of cyclic esters (lactones) is 1. The summed E-state index contributed by atoms with van der Waals surface area (Å²) in [5.41, 5.74) is -0.453. The molecule has 1 aromatic carbocycles. The normalized spacial score (nSPS) is 37.0. The van der Waals surface area contributed by atoms with E-state index in [9.17, 15) is 29.4 Å². The second-order valence-electron chi connectivity index (χ2n) is 19.1. The molecule has 3 heterocycles. The van der Waals surface area contributed by atoms with Gasteiger partial charge in [0.1, 0.15) is 42.4 Å². The van der Waals surface area contributed by atoms with E-state index in [1.165, 1.54) is 14.0 Å². The van der Waals surface area contributed by atoms with Crippen LogP contribution in [0.25, 0.3) is 0 Å². The lowest BCUT2D eigenvalue weighted by Gasteiger charge is -2.50. The smallest absolute Gasteiger partial charge is 0.309 e. The fraction of sp³-hybridized carbons (Fsp3) is 0.750. The molecule has 368 valence electrons. The SMILES string of the molecule is CO[C@@H]1[C@@H](O[C@@H]2O[C@H](C)C(O[C@H]3C[C@@](C)(O)[C@@H](OC(=O)CC(C)C)[C@H](C)O3)[C@H](N(C)C)[C@H]2O)[C@@H](CC=O)C[C@@H](C)[C@@H](N(C)Cc2ccc(Cl)cc2)/C=C/C[C@@H](C)OC(=O)C[C@H]1OC(C)=O. The molecule has 1 aromatic rings. The van der Waals surface area contributed by atoms with Crippen molar-refractivity contribution in [2.45, 2.75) is 186 Å². The maximum Gasteiger partial charge on any atom is 0.309 e. The van der Waals surface area contributed by atoms with E-state index < -0.39 is 103 Å². The zero-order valence-electron chi connectivity index (χ0n) is 40.3. The van der Waals surface area contributed by atoms with Crippen LogP contribution in [0.2, 0.25) is 5.02 Å². The summed E-state index contributed by atoms with van der Waals surface area (Å²) >= 11 is 6.19. The minimum absolute atomic E-state index is 0.00735. The maximum absolute atomic E-state index is 13.5. The summed E-state index contributed by atoms with van der Waals surface area (Å²) in [4.78, 5) is 55.4. The highest BCUT2D eigenvalue weighted by molar-refractivity contribution is 6.30. The topological polar surface area (TPSA) is 189 Å². The minimum atomic E-state index is -1.50. The van der Waals surface area contributed by atoms with Gasteiger partial charge in [0, 0.05) is 57.3 Å². The highest BCUT2D eigenvalue weighted by Crippen LogP contribution is 2.38. The van der Waals surface area contributed by atoms with Gasteiger partial charge in [-0.2, -0.15) is 0 Å². The Morgan fingerprint density at radius 1 is 1.00 bits per heavy atom. The van der Waals surface area contributed by atoms with Crippen molar-refractivity contribution in [1.29, 1.82) is 0 Å². The number of rotatable bonds is 15. The number of hydrogen-bond acceptors (Lipinski definition) is 16. The third kappa shape index (κ3) is 15.5. The minimum Gasteiger partial charge on any atom is -0.462 e. The molecule has 0 saturated carbocycles. The van der Waals surface area contributed by atoms with Gasteiger partial charge in [0.2, 0.25) is 0 Å². The zero-order valence-corrected chi connectivity index (χ0v) is 41.1. The fourth-order valence-electron chi connectivity index (χ4n) is 9.53. The van der Waals surface area contributed by atoms with Crippen LogP contribution in [0.1, 0.15) is 99.5 Å². The van der Waals surface area contributed by atoms with Crippen molar-refractivity contribution in [2.24, 2.45) is 17.8 Å². The molecule has 0 aromatic heterocycles. The number of aldehydes is 1. The Balaban J connectivity index is 1.69. The van der Waals surface area contributed by atoms with Gasteiger partial charge in [0.05, 0.1) is 30.8 Å². The fourth-order valence-corrected chi connectivity index (χ4v) is 9.65. The van der Waals surface area contributed by atoms with E-state index in [-0.39, 0.29) is 43.6 Å². The van der Waals surface area contributed by atoms with Crippen molar-refractivity contribution in [1.82, 2.24) is 9.80 Å². The van der Waals surface area contributed by atoms with Crippen LogP contribution in [0.4, 0.5) is 0 Å². The first kappa shape index (κ1) is 54.6. The molecule has 2 N–H and O–H groups in total. The molecular weight excluding hydrogens is 864 g/mol. The summed E-state index contributed by atoms with van der Waals surface area (Å²) in [7, 11) is 6.97. The highest BCUT2D eigenvalue weighted by atomic mass is 35.5. The quantitative estimate of drug-likeness (QED) is 0.100. The average Bonchev–Trinajstić information content (AvgIpc) is 3.19. The second-order valence-corrected chi connectivity index (χ2v) is 19.6. The van der Waals surface area contributed by atoms with Gasteiger partial charge in [-0.05, 0) is 90.7 Å².